The van der Waals surface area contributed by atoms with Gasteiger partial charge < -0.3 is 30.1 Å². The van der Waals surface area contributed by atoms with Crippen molar-refractivity contribution in [2.45, 2.75) is 91.6 Å². The molecule has 1 aliphatic rings. The number of esters is 1. The van der Waals surface area contributed by atoms with Gasteiger partial charge in [0, 0.05) is 32.1 Å². The van der Waals surface area contributed by atoms with Gasteiger partial charge in [-0.05, 0) is 60.9 Å². The lowest BCUT2D eigenvalue weighted by atomic mass is 9.95. The molecule has 6 atom stereocenters. The summed E-state index contributed by atoms with van der Waals surface area (Å²) in [7, 11) is 3.15. The van der Waals surface area contributed by atoms with Crippen molar-refractivity contribution in [1.29, 1.82) is 0 Å². The third kappa shape index (κ3) is 11.7. The molecule has 2 aromatic carbocycles. The number of hydrogen-bond donors (Lipinski definition) is 3. The largest absolute Gasteiger partial charge is 0.505 e. The molecule has 10 nitrogen and oxygen atoms in total. The van der Waals surface area contributed by atoms with Crippen LogP contribution in [-0.4, -0.2) is 72.1 Å². The Labute approximate surface area is 323 Å². The van der Waals surface area contributed by atoms with Gasteiger partial charge in [0.15, 0.2) is 5.75 Å². The molecular formula is C41H53Cl2N3O7. The van der Waals surface area contributed by atoms with Gasteiger partial charge in [-0.15, -0.1) is 0 Å². The van der Waals surface area contributed by atoms with Crippen molar-refractivity contribution < 1.29 is 33.8 Å². The molecule has 0 fully saturated rings. The highest BCUT2D eigenvalue weighted by Gasteiger charge is 2.36. The van der Waals surface area contributed by atoms with Crippen molar-refractivity contribution >= 4 is 46.9 Å². The van der Waals surface area contributed by atoms with E-state index in [-0.39, 0.29) is 46.1 Å². The van der Waals surface area contributed by atoms with Crippen LogP contribution in [0.2, 0.25) is 10.0 Å². The first-order chi connectivity index (χ1) is 25.0. The summed E-state index contributed by atoms with van der Waals surface area (Å²) in [5.74, 6) is -3.59. The highest BCUT2D eigenvalue weighted by Crippen LogP contribution is 2.33. The zero-order valence-electron chi connectivity index (χ0n) is 32.0. The molecule has 0 bridgehead atoms. The molecule has 3 N–H and O–H groups in total. The quantitative estimate of drug-likeness (QED) is 0.266. The molecule has 2 aromatic rings. The number of nitrogens with one attached hydrogen (secondary N) is 2. The van der Waals surface area contributed by atoms with Crippen LogP contribution in [0, 0.1) is 17.8 Å². The smallest absolute Gasteiger partial charge is 0.329 e. The molecular weight excluding hydrogens is 717 g/mol. The monoisotopic (exact) mass is 769 g/mol. The normalized spacial score (nSPS) is 27.2. The van der Waals surface area contributed by atoms with E-state index in [9.17, 15) is 24.3 Å². The summed E-state index contributed by atoms with van der Waals surface area (Å²) >= 11 is 12.4. The first-order valence-electron chi connectivity index (χ1n) is 17.8. The number of amides is 3. The number of rotatable bonds is 6. The number of halogens is 2. The van der Waals surface area contributed by atoms with Crippen molar-refractivity contribution in [3.63, 3.8) is 0 Å². The SMILES string of the molecule is CO[C@@H]1C/C=C(\C)C(=O)N(C)[C@@H](C(C)C)C(=O)N[C@H](Cc2cc(Cl)c(O)c(Cl)c2)C(=O)N[C@@H](C(C)C)C(=O)O[C@H](c2ccccc2)[C@H](C)/C=C/C=C/1C. The first kappa shape index (κ1) is 43.3. The number of nitrogens with zero attached hydrogens (tertiary/aromatic N) is 1. The summed E-state index contributed by atoms with van der Waals surface area (Å²) in [5.41, 5.74) is 2.57. The Morgan fingerprint density at radius 2 is 1.58 bits per heavy atom. The van der Waals surface area contributed by atoms with E-state index in [0.29, 0.717) is 17.6 Å². The standard InChI is InChI=1S/C41H53Cl2N3O7/c1-23(2)34-41(51)53-37(29-16-11-10-12-17-29)26(6)15-13-14-25(5)33(52-9)19-18-27(7)40(50)46(8)35(24(3)4)39(49)44-32(38(48)45-34)22-28-20-30(42)36(47)31(43)21-28/h10-18,20-21,23-24,26,32-35,37,47H,19,22H2,1-9H3,(H,44,49)(H,45,48)/b15-13+,25-14+,27-18+/t26-,32-,33-,34+,35+,37+/m1/s1. The Morgan fingerprint density at radius 1 is 0.962 bits per heavy atom. The third-order valence-corrected chi connectivity index (χ3v) is 9.97. The van der Waals surface area contributed by atoms with Crippen LogP contribution in [0.4, 0.5) is 0 Å². The fraction of sp³-hybridized carbons (Fsp3) is 0.463. The highest BCUT2D eigenvalue weighted by atomic mass is 35.5. The maximum absolute atomic E-state index is 14.2. The van der Waals surface area contributed by atoms with Crippen LogP contribution in [0.1, 0.15) is 72.1 Å². The summed E-state index contributed by atoms with van der Waals surface area (Å²) in [5, 5.41) is 15.8. The minimum atomic E-state index is -1.24. The van der Waals surface area contributed by atoms with Gasteiger partial charge in [0.1, 0.15) is 24.2 Å². The molecule has 0 radical (unpaired) electrons. The maximum Gasteiger partial charge on any atom is 0.329 e. The summed E-state index contributed by atoms with van der Waals surface area (Å²) in [6, 6.07) is 8.97. The van der Waals surface area contributed by atoms with E-state index in [1.165, 1.54) is 17.0 Å². The van der Waals surface area contributed by atoms with Crippen molar-refractivity contribution in [3.8, 4) is 5.75 Å². The molecule has 0 saturated carbocycles. The molecule has 0 aliphatic carbocycles. The zero-order valence-corrected chi connectivity index (χ0v) is 33.5. The topological polar surface area (TPSA) is 134 Å². The van der Waals surface area contributed by atoms with E-state index in [1.54, 1.807) is 54.9 Å². The van der Waals surface area contributed by atoms with Crippen molar-refractivity contribution in [2.24, 2.45) is 17.8 Å². The molecule has 288 valence electrons. The number of hydrogen-bond acceptors (Lipinski definition) is 7. The second kappa shape index (κ2) is 19.8. The molecule has 0 aromatic heterocycles. The predicted octanol–water partition coefficient (Wildman–Crippen LogP) is 7.14. The molecule has 53 heavy (non-hydrogen) atoms. The molecule has 1 heterocycles. The van der Waals surface area contributed by atoms with Crippen LogP contribution in [0.3, 0.4) is 0 Å². The molecule has 0 saturated heterocycles. The van der Waals surface area contributed by atoms with Crippen LogP contribution in [0.15, 0.2) is 77.9 Å². The van der Waals surface area contributed by atoms with Crippen LogP contribution >= 0.6 is 23.2 Å². The lowest BCUT2D eigenvalue weighted by Crippen LogP contribution is -2.58. The van der Waals surface area contributed by atoms with Gasteiger partial charge >= 0.3 is 5.97 Å². The maximum atomic E-state index is 14.2. The summed E-state index contributed by atoms with van der Waals surface area (Å²) < 4.78 is 12.0. The van der Waals surface area contributed by atoms with Crippen molar-refractivity contribution in [2.75, 3.05) is 14.2 Å². The van der Waals surface area contributed by atoms with E-state index in [0.717, 1.165) is 11.1 Å². The zero-order chi connectivity index (χ0) is 39.6. The van der Waals surface area contributed by atoms with Gasteiger partial charge in [-0.1, -0.05) is 112 Å². The Bertz CT molecular complexity index is 1680. The Morgan fingerprint density at radius 3 is 2.15 bits per heavy atom. The first-order valence-corrected chi connectivity index (χ1v) is 18.6. The third-order valence-electron chi connectivity index (χ3n) is 9.40. The van der Waals surface area contributed by atoms with Gasteiger partial charge in [-0.3, -0.25) is 14.4 Å². The Balaban J connectivity index is 2.16. The van der Waals surface area contributed by atoms with Crippen LogP contribution in [-0.2, 0) is 35.1 Å². The number of aromatic hydroxyl groups is 1. The fourth-order valence-electron chi connectivity index (χ4n) is 6.27. The molecule has 0 unspecified atom stereocenters. The minimum Gasteiger partial charge on any atom is -0.505 e. The number of phenols is 1. The average molecular weight is 771 g/mol. The van der Waals surface area contributed by atoms with Crippen LogP contribution in [0.25, 0.3) is 0 Å². The van der Waals surface area contributed by atoms with Gasteiger partial charge in [-0.25, -0.2) is 4.79 Å². The number of allylic oxidation sites excluding steroid dienone is 2. The number of phenolic OH excluding ortho intramolecular Hbond substituents is 1. The van der Waals surface area contributed by atoms with E-state index < -0.39 is 47.9 Å². The second-order valence-corrected chi connectivity index (χ2v) is 15.1. The number of carbonyl (C=O) groups is 4. The van der Waals surface area contributed by atoms with E-state index in [1.807, 2.05) is 62.4 Å². The summed E-state index contributed by atoms with van der Waals surface area (Å²) in [6.07, 6.45) is 6.86. The molecule has 1 aliphatic heterocycles. The predicted molar refractivity (Wildman–Crippen MR) is 208 cm³/mol. The van der Waals surface area contributed by atoms with Crippen molar-refractivity contribution in [3.05, 3.63) is 99.1 Å². The van der Waals surface area contributed by atoms with Gasteiger partial charge in [0.05, 0.1) is 16.1 Å². The number of likely N-dealkylation sites (N-methyl/N-ethyl adjacent to an activating group) is 1. The Kier molecular flexibility index (Phi) is 16.2. The van der Waals surface area contributed by atoms with Crippen LogP contribution in [0.5, 0.6) is 5.75 Å². The number of methoxy groups -OCH3 is 1. The second-order valence-electron chi connectivity index (χ2n) is 14.3. The summed E-state index contributed by atoms with van der Waals surface area (Å²) in [4.78, 5) is 57.4. The van der Waals surface area contributed by atoms with E-state index in [2.05, 4.69) is 10.6 Å². The average Bonchev–Trinajstić information content (AvgIpc) is 3.10. The van der Waals surface area contributed by atoms with E-state index >= 15 is 0 Å². The summed E-state index contributed by atoms with van der Waals surface area (Å²) in [6.45, 7) is 12.8. The number of benzene rings is 2. The van der Waals surface area contributed by atoms with Gasteiger partial charge in [0.25, 0.3) is 0 Å². The number of ether oxygens (including phenoxy) is 2. The van der Waals surface area contributed by atoms with Gasteiger partial charge in [-0.2, -0.15) is 0 Å². The molecule has 3 amide bonds. The highest BCUT2D eigenvalue weighted by molar-refractivity contribution is 6.37. The van der Waals surface area contributed by atoms with E-state index in [4.69, 9.17) is 32.7 Å². The molecule has 3 rings (SSSR count). The lowest BCUT2D eigenvalue weighted by Gasteiger charge is -2.32. The number of cyclic esters (lactones) is 1. The lowest BCUT2D eigenvalue weighted by molar-refractivity contribution is -0.156. The van der Waals surface area contributed by atoms with Crippen LogP contribution < -0.4 is 10.6 Å². The minimum absolute atomic E-state index is 0.0329. The Hall–Kier alpha value is -4.12. The van der Waals surface area contributed by atoms with Crippen molar-refractivity contribution in [1.82, 2.24) is 15.5 Å². The molecule has 0 spiro atoms. The molecule has 12 heteroatoms. The fourth-order valence-corrected chi connectivity index (χ4v) is 6.80. The van der Waals surface area contributed by atoms with Gasteiger partial charge in [0.2, 0.25) is 17.7 Å². The number of carbonyl (C=O) groups excluding carboxylic acids is 4.